The van der Waals surface area contributed by atoms with Crippen LogP contribution in [0.25, 0.3) is 0 Å². The van der Waals surface area contributed by atoms with Crippen LogP contribution >= 0.6 is 0 Å². The van der Waals surface area contributed by atoms with Crippen molar-refractivity contribution in [2.24, 2.45) is 0 Å². The van der Waals surface area contributed by atoms with Crippen molar-refractivity contribution < 1.29 is 9.90 Å². The molecule has 16 heavy (non-hydrogen) atoms. The van der Waals surface area contributed by atoms with Crippen LogP contribution in [-0.2, 0) is 6.42 Å². The van der Waals surface area contributed by atoms with Crippen molar-refractivity contribution in [1.29, 1.82) is 0 Å². The van der Waals surface area contributed by atoms with Gasteiger partial charge in [-0.25, -0.2) is 14.8 Å². The molecule has 0 saturated carbocycles. The summed E-state index contributed by atoms with van der Waals surface area (Å²) in [5, 5.41) is 8.67. The van der Waals surface area contributed by atoms with Gasteiger partial charge in [-0.2, -0.15) is 0 Å². The number of aromatic carboxylic acids is 1. The van der Waals surface area contributed by atoms with Crippen LogP contribution in [0, 0.1) is 0 Å². The molecule has 0 atom stereocenters. The summed E-state index contributed by atoms with van der Waals surface area (Å²) in [6, 6.07) is 0. The normalized spacial score (nSPS) is 10.3. The van der Waals surface area contributed by atoms with E-state index in [1.54, 1.807) is 0 Å². The predicted molar refractivity (Wildman–Crippen MR) is 61.5 cm³/mol. The third-order valence-electron chi connectivity index (χ3n) is 2.46. The SMILES string of the molecule is CCCCCCCc1ncc(C(=O)O)cn1. The number of rotatable bonds is 7. The predicted octanol–water partition coefficient (Wildman–Crippen LogP) is 2.69. The number of unbranched alkanes of at least 4 members (excludes halogenated alkanes) is 4. The second-order valence-corrected chi connectivity index (χ2v) is 3.86. The molecule has 1 aromatic heterocycles. The summed E-state index contributed by atoms with van der Waals surface area (Å²) in [5.41, 5.74) is 0.148. The molecule has 88 valence electrons. The van der Waals surface area contributed by atoms with E-state index in [0.717, 1.165) is 18.7 Å². The van der Waals surface area contributed by atoms with Crippen LogP contribution in [0.3, 0.4) is 0 Å². The topological polar surface area (TPSA) is 63.1 Å². The highest BCUT2D eigenvalue weighted by molar-refractivity contribution is 5.86. The fourth-order valence-corrected chi connectivity index (χ4v) is 1.48. The average Bonchev–Trinajstić information content (AvgIpc) is 2.29. The van der Waals surface area contributed by atoms with Crippen LogP contribution < -0.4 is 0 Å². The van der Waals surface area contributed by atoms with Gasteiger partial charge in [-0.3, -0.25) is 0 Å². The molecule has 0 bridgehead atoms. The zero-order valence-corrected chi connectivity index (χ0v) is 9.65. The Morgan fingerprint density at radius 2 is 1.81 bits per heavy atom. The summed E-state index contributed by atoms with van der Waals surface area (Å²) >= 11 is 0. The molecule has 0 fully saturated rings. The summed E-state index contributed by atoms with van der Waals surface area (Å²) in [6.07, 6.45) is 9.62. The molecule has 4 nitrogen and oxygen atoms in total. The fourth-order valence-electron chi connectivity index (χ4n) is 1.48. The zero-order valence-electron chi connectivity index (χ0n) is 9.65. The van der Waals surface area contributed by atoms with Gasteiger partial charge >= 0.3 is 5.97 Å². The lowest BCUT2D eigenvalue weighted by atomic mass is 10.1. The minimum Gasteiger partial charge on any atom is -0.478 e. The molecular weight excluding hydrogens is 204 g/mol. The maximum atomic E-state index is 10.6. The lowest BCUT2D eigenvalue weighted by Gasteiger charge is -2.00. The lowest BCUT2D eigenvalue weighted by molar-refractivity contribution is 0.0696. The molecule has 0 unspecified atom stereocenters. The first-order valence-corrected chi connectivity index (χ1v) is 5.78. The highest BCUT2D eigenvalue weighted by Crippen LogP contribution is 2.06. The summed E-state index contributed by atoms with van der Waals surface area (Å²) in [7, 11) is 0. The Bertz CT molecular complexity index is 322. The molecule has 0 saturated heterocycles. The van der Waals surface area contributed by atoms with Gasteiger partial charge in [0.1, 0.15) is 5.82 Å². The van der Waals surface area contributed by atoms with Crippen LogP contribution in [0.2, 0.25) is 0 Å². The zero-order chi connectivity index (χ0) is 11.8. The van der Waals surface area contributed by atoms with E-state index in [9.17, 15) is 4.79 Å². The molecule has 0 aliphatic rings. The van der Waals surface area contributed by atoms with Gasteiger partial charge in [0.15, 0.2) is 0 Å². The van der Waals surface area contributed by atoms with E-state index in [-0.39, 0.29) is 5.56 Å². The molecule has 1 heterocycles. The molecule has 0 aliphatic carbocycles. The molecule has 0 amide bonds. The second-order valence-electron chi connectivity index (χ2n) is 3.86. The van der Waals surface area contributed by atoms with Crippen molar-refractivity contribution in [3.8, 4) is 0 Å². The van der Waals surface area contributed by atoms with Gasteiger partial charge in [0, 0.05) is 18.8 Å². The molecule has 1 rings (SSSR count). The van der Waals surface area contributed by atoms with Gasteiger partial charge in [0.25, 0.3) is 0 Å². The molecule has 0 radical (unpaired) electrons. The Kier molecular flexibility index (Phi) is 5.46. The van der Waals surface area contributed by atoms with Gasteiger partial charge in [-0.05, 0) is 6.42 Å². The third kappa shape index (κ3) is 4.38. The number of nitrogens with zero attached hydrogens (tertiary/aromatic N) is 2. The Morgan fingerprint density at radius 1 is 1.19 bits per heavy atom. The maximum Gasteiger partial charge on any atom is 0.338 e. The Labute approximate surface area is 95.7 Å². The van der Waals surface area contributed by atoms with Crippen molar-refractivity contribution >= 4 is 5.97 Å². The maximum absolute atomic E-state index is 10.6. The van der Waals surface area contributed by atoms with E-state index in [1.807, 2.05) is 0 Å². The van der Waals surface area contributed by atoms with E-state index in [1.165, 1.54) is 38.1 Å². The van der Waals surface area contributed by atoms with Crippen molar-refractivity contribution in [1.82, 2.24) is 9.97 Å². The molecular formula is C12H18N2O2. The Balaban J connectivity index is 2.29. The highest BCUT2D eigenvalue weighted by Gasteiger charge is 2.03. The van der Waals surface area contributed by atoms with Crippen molar-refractivity contribution in [3.63, 3.8) is 0 Å². The number of aromatic nitrogens is 2. The van der Waals surface area contributed by atoms with E-state index in [4.69, 9.17) is 5.11 Å². The van der Waals surface area contributed by atoms with Crippen molar-refractivity contribution in [3.05, 3.63) is 23.8 Å². The summed E-state index contributed by atoms with van der Waals surface area (Å²) in [4.78, 5) is 18.6. The van der Waals surface area contributed by atoms with Gasteiger partial charge in [0.2, 0.25) is 0 Å². The fraction of sp³-hybridized carbons (Fsp3) is 0.583. The van der Waals surface area contributed by atoms with Gasteiger partial charge in [-0.15, -0.1) is 0 Å². The van der Waals surface area contributed by atoms with Crippen molar-refractivity contribution in [2.45, 2.75) is 45.4 Å². The molecule has 1 N–H and O–H groups in total. The first-order chi connectivity index (χ1) is 7.74. The van der Waals surface area contributed by atoms with Crippen LogP contribution in [0.4, 0.5) is 0 Å². The number of carboxylic acids is 1. The first-order valence-electron chi connectivity index (χ1n) is 5.78. The second kappa shape index (κ2) is 6.93. The van der Waals surface area contributed by atoms with Gasteiger partial charge in [-0.1, -0.05) is 32.6 Å². The van der Waals surface area contributed by atoms with Gasteiger partial charge in [0.05, 0.1) is 5.56 Å². The van der Waals surface area contributed by atoms with E-state index in [2.05, 4.69) is 16.9 Å². The number of carbonyl (C=O) groups is 1. The largest absolute Gasteiger partial charge is 0.478 e. The molecule has 0 spiro atoms. The van der Waals surface area contributed by atoms with Crippen LogP contribution in [0.15, 0.2) is 12.4 Å². The van der Waals surface area contributed by atoms with E-state index in [0.29, 0.717) is 0 Å². The number of hydrogen-bond acceptors (Lipinski definition) is 3. The summed E-state index contributed by atoms with van der Waals surface area (Å²) in [5.74, 6) is -0.240. The van der Waals surface area contributed by atoms with Gasteiger partial charge < -0.3 is 5.11 Å². The first kappa shape index (κ1) is 12.6. The molecule has 4 heteroatoms. The molecule has 1 aromatic rings. The van der Waals surface area contributed by atoms with Crippen LogP contribution in [-0.4, -0.2) is 21.0 Å². The van der Waals surface area contributed by atoms with Crippen molar-refractivity contribution in [2.75, 3.05) is 0 Å². The average molecular weight is 222 g/mol. The lowest BCUT2D eigenvalue weighted by Crippen LogP contribution is -2.01. The van der Waals surface area contributed by atoms with E-state index < -0.39 is 5.97 Å². The minimum atomic E-state index is -0.977. The summed E-state index contributed by atoms with van der Waals surface area (Å²) < 4.78 is 0. The van der Waals surface area contributed by atoms with Crippen LogP contribution in [0.1, 0.15) is 55.2 Å². The van der Waals surface area contributed by atoms with E-state index >= 15 is 0 Å². The quantitative estimate of drug-likeness (QED) is 0.720. The minimum absolute atomic E-state index is 0.148. The van der Waals surface area contributed by atoms with Crippen LogP contribution in [0.5, 0.6) is 0 Å². The number of hydrogen-bond donors (Lipinski definition) is 1. The number of carboxylic acid groups (broad SMARTS) is 1. The standard InChI is InChI=1S/C12H18N2O2/c1-2-3-4-5-6-7-11-13-8-10(9-14-11)12(15)16/h8-9H,2-7H2,1H3,(H,15,16). The smallest absolute Gasteiger partial charge is 0.338 e. The highest BCUT2D eigenvalue weighted by atomic mass is 16.4. The number of aryl methyl sites for hydroxylation is 1. The Morgan fingerprint density at radius 3 is 2.38 bits per heavy atom. The Hall–Kier alpha value is -1.45. The monoisotopic (exact) mass is 222 g/mol. The molecule has 0 aliphatic heterocycles. The molecule has 0 aromatic carbocycles. The summed E-state index contributed by atoms with van der Waals surface area (Å²) in [6.45, 7) is 2.19. The third-order valence-corrected chi connectivity index (χ3v) is 2.46.